The van der Waals surface area contributed by atoms with Gasteiger partial charge in [0.15, 0.2) is 0 Å². The van der Waals surface area contributed by atoms with Gasteiger partial charge in [-0.25, -0.2) is 0 Å². The summed E-state index contributed by atoms with van der Waals surface area (Å²) < 4.78 is 0. The molecule has 0 aliphatic heterocycles. The Morgan fingerprint density at radius 3 is 2.72 bits per heavy atom. The summed E-state index contributed by atoms with van der Waals surface area (Å²) in [6.07, 6.45) is 5.42. The molecule has 0 spiro atoms. The van der Waals surface area contributed by atoms with Crippen LogP contribution in [0.2, 0.25) is 0 Å². The molecule has 0 heterocycles. The summed E-state index contributed by atoms with van der Waals surface area (Å²) in [6, 6.07) is 11.8. The van der Waals surface area contributed by atoms with E-state index in [1.54, 1.807) is 0 Å². The Kier molecular flexibility index (Phi) is 6.09. The summed E-state index contributed by atoms with van der Waals surface area (Å²) in [7, 11) is 0. The number of hydrogen-bond acceptors (Lipinski definition) is 2. The van der Waals surface area contributed by atoms with Gasteiger partial charge in [-0.3, -0.25) is 0 Å². The van der Waals surface area contributed by atoms with Gasteiger partial charge in [-0.15, -0.1) is 0 Å². The highest BCUT2D eigenvalue weighted by Gasteiger charge is 2.22. The summed E-state index contributed by atoms with van der Waals surface area (Å²) in [5.74, 6) is 3.25. The van der Waals surface area contributed by atoms with Crippen LogP contribution in [0.3, 0.4) is 0 Å². The van der Waals surface area contributed by atoms with Gasteiger partial charge in [0.05, 0.1) is 0 Å². The molecule has 2 heteroatoms. The third-order valence-corrected chi connectivity index (χ3v) is 4.53. The van der Waals surface area contributed by atoms with E-state index >= 15 is 0 Å². The fraction of sp³-hybridized carbons (Fsp3) is 0.625. The quantitative estimate of drug-likeness (QED) is 0.674. The second-order valence-corrected chi connectivity index (χ2v) is 6.52. The van der Waals surface area contributed by atoms with E-state index in [2.05, 4.69) is 54.3 Å². The molecule has 0 saturated heterocycles. The van der Waals surface area contributed by atoms with Crippen molar-refractivity contribution in [2.24, 2.45) is 0 Å². The van der Waals surface area contributed by atoms with Crippen LogP contribution < -0.4 is 5.32 Å². The van der Waals surface area contributed by atoms with Crippen LogP contribution in [0.1, 0.15) is 44.1 Å². The average Bonchev–Trinajstić information content (AvgIpc) is 3.23. The average molecular weight is 263 g/mol. The summed E-state index contributed by atoms with van der Waals surface area (Å²) >= 11 is 2.06. The molecule has 1 aliphatic rings. The maximum atomic E-state index is 3.69. The minimum Gasteiger partial charge on any atom is -0.313 e. The first-order chi connectivity index (χ1) is 8.90. The van der Waals surface area contributed by atoms with Crippen molar-refractivity contribution in [1.82, 2.24) is 5.32 Å². The van der Waals surface area contributed by atoms with Crippen molar-refractivity contribution >= 4 is 11.8 Å². The second-order valence-electron chi connectivity index (χ2n) is 5.13. The fourth-order valence-electron chi connectivity index (χ4n) is 2.28. The van der Waals surface area contributed by atoms with Crippen molar-refractivity contribution in [3.8, 4) is 0 Å². The van der Waals surface area contributed by atoms with Gasteiger partial charge in [-0.05, 0) is 48.7 Å². The van der Waals surface area contributed by atoms with E-state index in [0.717, 1.165) is 12.6 Å². The molecule has 1 aromatic rings. The Morgan fingerprint density at radius 1 is 1.28 bits per heavy atom. The Morgan fingerprint density at radius 2 is 2.06 bits per heavy atom. The fourth-order valence-corrected chi connectivity index (χ4v) is 2.94. The first-order valence-electron chi connectivity index (χ1n) is 7.26. The molecule has 2 rings (SSSR count). The third kappa shape index (κ3) is 5.03. The standard InChI is InChI=1S/C16H25NS/c1-2-18-12-6-9-15(13-17-16-10-11-16)14-7-4-3-5-8-14/h3-5,7-8,15-17H,2,6,9-13H2,1H3. The lowest BCUT2D eigenvalue weighted by Crippen LogP contribution is -2.23. The first-order valence-corrected chi connectivity index (χ1v) is 8.41. The van der Waals surface area contributed by atoms with Crippen LogP contribution in [-0.4, -0.2) is 24.1 Å². The molecule has 0 aromatic heterocycles. The van der Waals surface area contributed by atoms with E-state index < -0.39 is 0 Å². The van der Waals surface area contributed by atoms with Crippen LogP contribution in [0.15, 0.2) is 30.3 Å². The molecule has 18 heavy (non-hydrogen) atoms. The topological polar surface area (TPSA) is 12.0 Å². The minimum absolute atomic E-state index is 0.698. The van der Waals surface area contributed by atoms with Crippen LogP contribution in [-0.2, 0) is 0 Å². The van der Waals surface area contributed by atoms with E-state index in [1.807, 2.05) is 0 Å². The van der Waals surface area contributed by atoms with E-state index in [4.69, 9.17) is 0 Å². The predicted octanol–water partition coefficient (Wildman–Crippen LogP) is 4.06. The summed E-state index contributed by atoms with van der Waals surface area (Å²) in [5.41, 5.74) is 1.51. The zero-order valence-electron chi connectivity index (χ0n) is 11.4. The van der Waals surface area contributed by atoms with Gasteiger partial charge in [-0.1, -0.05) is 37.3 Å². The molecule has 0 bridgehead atoms. The van der Waals surface area contributed by atoms with E-state index in [0.29, 0.717) is 5.92 Å². The lowest BCUT2D eigenvalue weighted by Gasteiger charge is -2.18. The summed E-state index contributed by atoms with van der Waals surface area (Å²) in [6.45, 7) is 3.40. The van der Waals surface area contributed by atoms with Crippen LogP contribution in [0.4, 0.5) is 0 Å². The smallest absolute Gasteiger partial charge is 0.00684 e. The molecular formula is C16H25NS. The molecular weight excluding hydrogens is 238 g/mol. The van der Waals surface area contributed by atoms with Crippen molar-refractivity contribution < 1.29 is 0 Å². The first kappa shape index (κ1) is 14.0. The lowest BCUT2D eigenvalue weighted by atomic mass is 9.94. The Labute approximate surface area is 116 Å². The summed E-state index contributed by atoms with van der Waals surface area (Å²) in [5, 5.41) is 3.69. The van der Waals surface area contributed by atoms with E-state index in [1.165, 1.54) is 42.8 Å². The molecule has 1 atom stereocenters. The highest BCUT2D eigenvalue weighted by atomic mass is 32.2. The van der Waals surface area contributed by atoms with Crippen molar-refractivity contribution in [3.63, 3.8) is 0 Å². The van der Waals surface area contributed by atoms with Crippen molar-refractivity contribution in [3.05, 3.63) is 35.9 Å². The zero-order valence-corrected chi connectivity index (χ0v) is 12.2. The minimum atomic E-state index is 0.698. The Bertz CT molecular complexity index is 321. The lowest BCUT2D eigenvalue weighted by molar-refractivity contribution is 0.544. The van der Waals surface area contributed by atoms with Crippen LogP contribution in [0, 0.1) is 0 Å². The van der Waals surface area contributed by atoms with Crippen molar-refractivity contribution in [2.45, 2.75) is 44.6 Å². The number of benzene rings is 1. The maximum Gasteiger partial charge on any atom is 0.00684 e. The number of nitrogens with one attached hydrogen (secondary N) is 1. The van der Waals surface area contributed by atoms with Gasteiger partial charge in [0.1, 0.15) is 0 Å². The monoisotopic (exact) mass is 263 g/mol. The highest BCUT2D eigenvalue weighted by Crippen LogP contribution is 2.24. The molecule has 1 aliphatic carbocycles. The van der Waals surface area contributed by atoms with Crippen LogP contribution in [0.5, 0.6) is 0 Å². The predicted molar refractivity (Wildman–Crippen MR) is 82.4 cm³/mol. The van der Waals surface area contributed by atoms with E-state index in [-0.39, 0.29) is 0 Å². The SMILES string of the molecule is CCSCCCC(CNC1CC1)c1ccccc1. The van der Waals surface area contributed by atoms with Gasteiger partial charge >= 0.3 is 0 Å². The molecule has 1 nitrogen and oxygen atoms in total. The van der Waals surface area contributed by atoms with Crippen molar-refractivity contribution in [1.29, 1.82) is 0 Å². The van der Waals surface area contributed by atoms with Gasteiger partial charge < -0.3 is 5.32 Å². The number of rotatable bonds is 9. The summed E-state index contributed by atoms with van der Waals surface area (Å²) in [4.78, 5) is 0. The molecule has 0 amide bonds. The number of thioether (sulfide) groups is 1. The zero-order chi connectivity index (χ0) is 12.6. The highest BCUT2D eigenvalue weighted by molar-refractivity contribution is 7.99. The molecule has 1 unspecified atom stereocenters. The molecule has 1 N–H and O–H groups in total. The van der Waals surface area contributed by atoms with Gasteiger partial charge in [-0.2, -0.15) is 11.8 Å². The van der Waals surface area contributed by atoms with E-state index in [9.17, 15) is 0 Å². The van der Waals surface area contributed by atoms with Gasteiger partial charge in [0, 0.05) is 12.6 Å². The maximum absolute atomic E-state index is 3.69. The Hall–Kier alpha value is -0.470. The molecule has 1 saturated carbocycles. The molecule has 1 aromatic carbocycles. The molecule has 0 radical (unpaired) electrons. The molecule has 100 valence electrons. The molecule has 1 fully saturated rings. The number of hydrogen-bond donors (Lipinski definition) is 1. The van der Waals surface area contributed by atoms with Crippen LogP contribution in [0.25, 0.3) is 0 Å². The normalized spacial score (nSPS) is 16.7. The van der Waals surface area contributed by atoms with Crippen LogP contribution >= 0.6 is 11.8 Å². The Balaban J connectivity index is 1.81. The van der Waals surface area contributed by atoms with Crippen molar-refractivity contribution in [2.75, 3.05) is 18.1 Å². The van der Waals surface area contributed by atoms with Gasteiger partial charge in [0.2, 0.25) is 0 Å². The van der Waals surface area contributed by atoms with Gasteiger partial charge in [0.25, 0.3) is 0 Å². The largest absolute Gasteiger partial charge is 0.313 e. The second kappa shape index (κ2) is 7.85. The third-order valence-electron chi connectivity index (χ3n) is 3.55.